The lowest BCUT2D eigenvalue weighted by Gasteiger charge is -2.45. The smallest absolute Gasteiger partial charge is 0.276 e. The van der Waals surface area contributed by atoms with E-state index in [-0.39, 0.29) is 17.0 Å². The minimum Gasteiger partial charge on any atom is -0.383 e. The van der Waals surface area contributed by atoms with E-state index in [1.165, 1.54) is 6.33 Å². The fourth-order valence-electron chi connectivity index (χ4n) is 4.46. The highest BCUT2D eigenvalue weighted by Crippen LogP contribution is 2.36. The molecule has 4 heterocycles. The molecule has 30 heavy (non-hydrogen) atoms. The number of amides is 1. The molecule has 1 spiro atoms. The van der Waals surface area contributed by atoms with Crippen LogP contribution in [-0.4, -0.2) is 44.0 Å². The SMILES string of the molecule is Cc1cc(Nc2ncnc(N)c2C)c(=O)n2c1C(=O)NC21CCN(C(C)(C)C)CC1. The Balaban J connectivity index is 1.76. The maximum absolute atomic E-state index is 13.5. The third kappa shape index (κ3) is 3.13. The quantitative estimate of drug-likeness (QED) is 0.690. The molecule has 1 saturated heterocycles. The highest BCUT2D eigenvalue weighted by molar-refractivity contribution is 5.97. The highest BCUT2D eigenvalue weighted by Gasteiger charge is 2.47. The van der Waals surface area contributed by atoms with Gasteiger partial charge in [0.1, 0.15) is 35.0 Å². The lowest BCUT2D eigenvalue weighted by molar-refractivity contribution is 0.0372. The van der Waals surface area contributed by atoms with Crippen molar-refractivity contribution in [3.05, 3.63) is 39.6 Å². The Kier molecular flexibility index (Phi) is 4.61. The van der Waals surface area contributed by atoms with Crippen LogP contribution in [0.3, 0.4) is 0 Å². The zero-order valence-corrected chi connectivity index (χ0v) is 18.2. The molecule has 0 unspecified atom stereocenters. The van der Waals surface area contributed by atoms with Gasteiger partial charge in [0.25, 0.3) is 11.5 Å². The minimum absolute atomic E-state index is 0.0435. The number of pyridine rings is 1. The molecule has 2 aromatic rings. The summed E-state index contributed by atoms with van der Waals surface area (Å²) in [4.78, 5) is 36.9. The number of aromatic nitrogens is 3. The zero-order valence-electron chi connectivity index (χ0n) is 18.2. The minimum atomic E-state index is -0.701. The number of hydrogen-bond donors (Lipinski definition) is 3. The van der Waals surface area contributed by atoms with Crippen LogP contribution in [0.25, 0.3) is 0 Å². The lowest BCUT2D eigenvalue weighted by atomic mass is 9.93. The molecule has 9 heteroatoms. The summed E-state index contributed by atoms with van der Waals surface area (Å²) < 4.78 is 1.66. The van der Waals surface area contributed by atoms with Gasteiger partial charge in [-0.2, -0.15) is 0 Å². The first kappa shape index (κ1) is 20.3. The van der Waals surface area contributed by atoms with Crippen molar-refractivity contribution >= 4 is 23.2 Å². The number of nitrogens with zero attached hydrogens (tertiary/aromatic N) is 4. The van der Waals surface area contributed by atoms with Gasteiger partial charge in [0.05, 0.1) is 0 Å². The number of likely N-dealkylation sites (tertiary alicyclic amines) is 1. The fourth-order valence-corrected chi connectivity index (χ4v) is 4.46. The third-order valence-electron chi connectivity index (χ3n) is 6.30. The molecule has 0 aromatic carbocycles. The second kappa shape index (κ2) is 6.80. The summed E-state index contributed by atoms with van der Waals surface area (Å²) in [6.45, 7) is 11.8. The van der Waals surface area contributed by atoms with Gasteiger partial charge in [0.15, 0.2) is 0 Å². The summed E-state index contributed by atoms with van der Waals surface area (Å²) >= 11 is 0. The van der Waals surface area contributed by atoms with Crippen LogP contribution in [0.5, 0.6) is 0 Å². The molecule has 2 aromatic heterocycles. The molecule has 4 rings (SSSR count). The summed E-state index contributed by atoms with van der Waals surface area (Å²) in [5.74, 6) is 0.643. The van der Waals surface area contributed by atoms with Crippen LogP contribution in [0, 0.1) is 13.8 Å². The average Bonchev–Trinajstić information content (AvgIpc) is 2.95. The zero-order chi connectivity index (χ0) is 21.8. The number of carbonyl (C=O) groups is 1. The molecule has 0 aliphatic carbocycles. The van der Waals surface area contributed by atoms with Crippen molar-refractivity contribution < 1.29 is 4.79 Å². The molecule has 4 N–H and O–H groups in total. The maximum Gasteiger partial charge on any atom is 0.276 e. The Morgan fingerprint density at radius 3 is 2.47 bits per heavy atom. The molecule has 0 saturated carbocycles. The number of rotatable bonds is 2. The van der Waals surface area contributed by atoms with Crippen molar-refractivity contribution in [3.63, 3.8) is 0 Å². The normalized spacial score (nSPS) is 18.4. The number of hydrogen-bond acceptors (Lipinski definition) is 7. The molecule has 1 fully saturated rings. The van der Waals surface area contributed by atoms with E-state index in [4.69, 9.17) is 5.73 Å². The van der Waals surface area contributed by atoms with Gasteiger partial charge >= 0.3 is 0 Å². The van der Waals surface area contributed by atoms with Crippen LogP contribution in [0.15, 0.2) is 17.2 Å². The fraction of sp³-hybridized carbons (Fsp3) is 0.524. The predicted molar refractivity (Wildman–Crippen MR) is 116 cm³/mol. The van der Waals surface area contributed by atoms with E-state index in [2.05, 4.69) is 46.3 Å². The molecule has 2 aliphatic rings. The molecule has 0 atom stereocenters. The van der Waals surface area contributed by atoms with Crippen molar-refractivity contribution in [2.75, 3.05) is 24.1 Å². The van der Waals surface area contributed by atoms with E-state index in [0.29, 0.717) is 41.4 Å². The molecule has 160 valence electrons. The van der Waals surface area contributed by atoms with Crippen molar-refractivity contribution in [2.45, 2.75) is 58.7 Å². The maximum atomic E-state index is 13.5. The number of piperidine rings is 1. The van der Waals surface area contributed by atoms with E-state index in [9.17, 15) is 9.59 Å². The first-order valence-corrected chi connectivity index (χ1v) is 10.2. The van der Waals surface area contributed by atoms with Gasteiger partial charge in [-0.25, -0.2) is 9.97 Å². The monoisotopic (exact) mass is 411 g/mol. The van der Waals surface area contributed by atoms with Crippen molar-refractivity contribution in [3.8, 4) is 0 Å². The van der Waals surface area contributed by atoms with Crippen molar-refractivity contribution in [1.29, 1.82) is 0 Å². The molecule has 2 aliphatic heterocycles. The number of fused-ring (bicyclic) bond motifs is 2. The molecule has 1 amide bonds. The van der Waals surface area contributed by atoms with Crippen LogP contribution in [0.1, 0.15) is 55.2 Å². The number of nitrogens with one attached hydrogen (secondary N) is 2. The molecule has 0 radical (unpaired) electrons. The molecular weight excluding hydrogens is 382 g/mol. The van der Waals surface area contributed by atoms with Gasteiger partial charge in [0.2, 0.25) is 0 Å². The van der Waals surface area contributed by atoms with E-state index in [1.54, 1.807) is 17.6 Å². The average molecular weight is 412 g/mol. The lowest BCUT2D eigenvalue weighted by Crippen LogP contribution is -2.57. The number of carbonyl (C=O) groups excluding carboxylic acids is 1. The summed E-state index contributed by atoms with van der Waals surface area (Å²) in [5, 5.41) is 6.23. The third-order valence-corrected chi connectivity index (χ3v) is 6.30. The second-order valence-corrected chi connectivity index (χ2v) is 9.23. The van der Waals surface area contributed by atoms with Crippen LogP contribution < -0.4 is 21.9 Å². The topological polar surface area (TPSA) is 118 Å². The molecular formula is C21H29N7O2. The van der Waals surface area contributed by atoms with Gasteiger partial charge < -0.3 is 16.4 Å². The standard InChI is InChI=1S/C21H29N7O2/c1-12-10-14(25-17-13(2)16(22)23-11-24-17)19(30)28-15(12)18(29)26-21(28)6-8-27(9-7-21)20(3,4)5/h10-11H,6-9H2,1-5H3,(H,26,29)(H3,22,23,24,25). The molecule has 0 bridgehead atoms. The largest absolute Gasteiger partial charge is 0.383 e. The number of nitrogens with two attached hydrogens (primary N) is 1. The van der Waals surface area contributed by atoms with Gasteiger partial charge in [0, 0.05) is 37.0 Å². The van der Waals surface area contributed by atoms with Gasteiger partial charge in [-0.05, 0) is 46.2 Å². The predicted octanol–water partition coefficient (Wildman–Crippen LogP) is 1.87. The van der Waals surface area contributed by atoms with E-state index in [1.807, 2.05) is 6.92 Å². The van der Waals surface area contributed by atoms with Crippen molar-refractivity contribution in [1.82, 2.24) is 24.8 Å². The Hall–Kier alpha value is -2.94. The first-order chi connectivity index (χ1) is 14.0. The first-order valence-electron chi connectivity index (χ1n) is 10.2. The van der Waals surface area contributed by atoms with Gasteiger partial charge in [-0.1, -0.05) is 0 Å². The molecule has 9 nitrogen and oxygen atoms in total. The van der Waals surface area contributed by atoms with Gasteiger partial charge in [-0.3, -0.25) is 19.1 Å². The summed E-state index contributed by atoms with van der Waals surface area (Å²) in [7, 11) is 0. The van der Waals surface area contributed by atoms with Crippen LogP contribution in [-0.2, 0) is 5.66 Å². The van der Waals surface area contributed by atoms with Crippen LogP contribution in [0.4, 0.5) is 17.3 Å². The van der Waals surface area contributed by atoms with E-state index in [0.717, 1.165) is 18.7 Å². The van der Waals surface area contributed by atoms with Crippen molar-refractivity contribution in [2.24, 2.45) is 0 Å². The van der Waals surface area contributed by atoms with E-state index < -0.39 is 5.66 Å². The Bertz CT molecular complexity index is 1080. The number of anilines is 3. The highest BCUT2D eigenvalue weighted by atomic mass is 16.2. The number of nitrogen functional groups attached to an aromatic ring is 1. The second-order valence-electron chi connectivity index (χ2n) is 9.23. The van der Waals surface area contributed by atoms with Gasteiger partial charge in [-0.15, -0.1) is 0 Å². The Morgan fingerprint density at radius 1 is 1.17 bits per heavy atom. The Morgan fingerprint density at radius 2 is 1.83 bits per heavy atom. The number of aryl methyl sites for hydroxylation is 1. The Labute approximate surface area is 175 Å². The van der Waals surface area contributed by atoms with Crippen LogP contribution >= 0.6 is 0 Å². The summed E-state index contributed by atoms with van der Waals surface area (Å²) in [6, 6.07) is 1.70. The summed E-state index contributed by atoms with van der Waals surface area (Å²) in [6.07, 6.45) is 2.70. The van der Waals surface area contributed by atoms with Crippen LogP contribution in [0.2, 0.25) is 0 Å². The van der Waals surface area contributed by atoms with E-state index >= 15 is 0 Å². The summed E-state index contributed by atoms with van der Waals surface area (Å²) in [5.41, 5.74) is 7.19.